The Morgan fingerprint density at radius 3 is 2.52 bits per heavy atom. The molecule has 1 aliphatic heterocycles. The van der Waals surface area contributed by atoms with Gasteiger partial charge in [0.15, 0.2) is 17.6 Å². The van der Waals surface area contributed by atoms with Gasteiger partial charge in [-0.05, 0) is 24.3 Å². The quantitative estimate of drug-likeness (QED) is 0.832. The van der Waals surface area contributed by atoms with Gasteiger partial charge in [0, 0.05) is 19.6 Å². The Morgan fingerprint density at radius 1 is 1.04 bits per heavy atom. The van der Waals surface area contributed by atoms with E-state index in [9.17, 15) is 0 Å². The first-order chi connectivity index (χ1) is 12.2. The molecule has 0 aromatic heterocycles. The van der Waals surface area contributed by atoms with Crippen molar-refractivity contribution in [1.82, 2.24) is 0 Å². The minimum Gasteiger partial charge on any atom is -0.497 e. The van der Waals surface area contributed by atoms with Crippen LogP contribution in [0.1, 0.15) is 6.42 Å². The summed E-state index contributed by atoms with van der Waals surface area (Å²) in [5.41, 5.74) is 5.94. The Hall–Kier alpha value is -2.44. The fourth-order valence-electron chi connectivity index (χ4n) is 2.80. The average Bonchev–Trinajstić information content (AvgIpc) is 2.67. The van der Waals surface area contributed by atoms with Crippen LogP contribution in [0, 0.1) is 0 Å². The van der Waals surface area contributed by atoms with Crippen molar-refractivity contribution >= 4 is 0 Å². The first kappa shape index (κ1) is 17.4. The molecular formula is C19H23NO5. The molecule has 0 amide bonds. The zero-order chi connectivity index (χ0) is 17.7. The summed E-state index contributed by atoms with van der Waals surface area (Å²) in [7, 11) is 3.17. The first-order valence-electron chi connectivity index (χ1n) is 8.17. The molecule has 1 heterocycles. The van der Waals surface area contributed by atoms with Crippen molar-refractivity contribution in [3.8, 4) is 23.0 Å². The number of ether oxygens (including phenoxy) is 5. The molecule has 1 aliphatic rings. The second kappa shape index (κ2) is 7.63. The molecule has 134 valence electrons. The van der Waals surface area contributed by atoms with Crippen molar-refractivity contribution in [3.63, 3.8) is 0 Å². The molecule has 0 saturated carbocycles. The maximum Gasteiger partial charge on any atom is 0.260 e. The number of benzene rings is 2. The van der Waals surface area contributed by atoms with Crippen molar-refractivity contribution < 1.29 is 23.7 Å². The number of fused-ring (bicyclic) bond motifs is 1. The van der Waals surface area contributed by atoms with Crippen LogP contribution in [0.5, 0.6) is 23.0 Å². The Kier molecular flexibility index (Phi) is 5.31. The number of rotatable bonds is 7. The lowest BCUT2D eigenvalue weighted by atomic mass is 10.0. The van der Waals surface area contributed by atoms with E-state index in [2.05, 4.69) is 0 Å². The number of nitrogens with two attached hydrogens (primary N) is 1. The van der Waals surface area contributed by atoms with Gasteiger partial charge in [0.05, 0.1) is 20.3 Å². The summed E-state index contributed by atoms with van der Waals surface area (Å²) in [6.45, 7) is 0.605. The molecule has 2 unspecified atom stereocenters. The number of hydrogen-bond acceptors (Lipinski definition) is 6. The van der Waals surface area contributed by atoms with Crippen LogP contribution in [-0.4, -0.2) is 39.3 Å². The molecule has 6 heteroatoms. The Balaban J connectivity index is 1.75. The van der Waals surface area contributed by atoms with Crippen LogP contribution in [-0.2, 0) is 4.74 Å². The lowest BCUT2D eigenvalue weighted by molar-refractivity contribution is -0.226. The molecule has 3 rings (SSSR count). The van der Waals surface area contributed by atoms with Crippen molar-refractivity contribution in [2.45, 2.75) is 18.3 Å². The Labute approximate surface area is 147 Å². The molecule has 0 fully saturated rings. The molecule has 6 nitrogen and oxygen atoms in total. The zero-order valence-electron chi connectivity index (χ0n) is 14.4. The molecule has 0 bridgehead atoms. The SMILES string of the molecule is COc1ccc2c(c1)OC(CCOc1ccccc1)C(CN)(OC)O2. The monoisotopic (exact) mass is 345 g/mol. The second-order valence-corrected chi connectivity index (χ2v) is 5.69. The van der Waals surface area contributed by atoms with Crippen LogP contribution in [0.3, 0.4) is 0 Å². The van der Waals surface area contributed by atoms with Gasteiger partial charge in [-0.2, -0.15) is 0 Å². The van der Waals surface area contributed by atoms with Crippen LogP contribution >= 0.6 is 0 Å². The smallest absolute Gasteiger partial charge is 0.260 e. The lowest BCUT2D eigenvalue weighted by Crippen LogP contribution is -2.59. The minimum atomic E-state index is -1.05. The van der Waals surface area contributed by atoms with Gasteiger partial charge < -0.3 is 29.4 Å². The van der Waals surface area contributed by atoms with E-state index in [1.165, 1.54) is 0 Å². The molecule has 2 aromatic carbocycles. The molecule has 0 spiro atoms. The average molecular weight is 345 g/mol. The van der Waals surface area contributed by atoms with Crippen LogP contribution in [0.25, 0.3) is 0 Å². The molecule has 25 heavy (non-hydrogen) atoms. The maximum absolute atomic E-state index is 6.12. The third-order valence-corrected chi connectivity index (χ3v) is 4.22. The normalized spacial score (nSPS) is 21.6. The van der Waals surface area contributed by atoms with Gasteiger partial charge in [-0.3, -0.25) is 0 Å². The number of methoxy groups -OCH3 is 2. The van der Waals surface area contributed by atoms with E-state index in [1.807, 2.05) is 30.3 Å². The molecule has 0 saturated heterocycles. The largest absolute Gasteiger partial charge is 0.497 e. The van der Waals surface area contributed by atoms with E-state index in [-0.39, 0.29) is 6.54 Å². The van der Waals surface area contributed by atoms with Gasteiger partial charge in [0.25, 0.3) is 5.79 Å². The van der Waals surface area contributed by atoms with Crippen molar-refractivity contribution in [1.29, 1.82) is 0 Å². The van der Waals surface area contributed by atoms with Gasteiger partial charge in [0.2, 0.25) is 0 Å². The van der Waals surface area contributed by atoms with Crippen molar-refractivity contribution in [2.24, 2.45) is 5.73 Å². The van der Waals surface area contributed by atoms with Crippen molar-refractivity contribution in [3.05, 3.63) is 48.5 Å². The predicted molar refractivity (Wildman–Crippen MR) is 93.4 cm³/mol. The van der Waals surface area contributed by atoms with Crippen LogP contribution in [0.15, 0.2) is 48.5 Å². The summed E-state index contributed by atoms with van der Waals surface area (Å²) in [5.74, 6) is 1.62. The highest BCUT2D eigenvalue weighted by Crippen LogP contribution is 2.41. The number of hydrogen-bond donors (Lipinski definition) is 1. The van der Waals surface area contributed by atoms with E-state index in [1.54, 1.807) is 32.4 Å². The summed E-state index contributed by atoms with van der Waals surface area (Å²) in [6, 6.07) is 15.0. The van der Waals surface area contributed by atoms with E-state index in [0.717, 1.165) is 5.75 Å². The Bertz CT molecular complexity index is 687. The molecule has 2 N–H and O–H groups in total. The summed E-state index contributed by atoms with van der Waals surface area (Å²) in [4.78, 5) is 0. The van der Waals surface area contributed by atoms with E-state index < -0.39 is 11.9 Å². The molecule has 2 aromatic rings. The molecule has 0 radical (unpaired) electrons. The van der Waals surface area contributed by atoms with Gasteiger partial charge in [-0.1, -0.05) is 18.2 Å². The third-order valence-electron chi connectivity index (χ3n) is 4.22. The highest BCUT2D eigenvalue weighted by Gasteiger charge is 2.46. The molecule has 2 atom stereocenters. The van der Waals surface area contributed by atoms with Crippen LogP contribution in [0.2, 0.25) is 0 Å². The van der Waals surface area contributed by atoms with Gasteiger partial charge in [-0.15, -0.1) is 0 Å². The van der Waals surface area contributed by atoms with E-state index >= 15 is 0 Å². The summed E-state index contributed by atoms with van der Waals surface area (Å²) in [5, 5.41) is 0. The maximum atomic E-state index is 6.12. The molecule has 0 aliphatic carbocycles. The predicted octanol–water partition coefficient (Wildman–Crippen LogP) is 2.61. The Morgan fingerprint density at radius 2 is 1.84 bits per heavy atom. The van der Waals surface area contributed by atoms with Gasteiger partial charge >= 0.3 is 0 Å². The zero-order valence-corrected chi connectivity index (χ0v) is 14.4. The highest BCUT2D eigenvalue weighted by atomic mass is 16.7. The van der Waals surface area contributed by atoms with E-state index in [0.29, 0.717) is 30.3 Å². The summed E-state index contributed by atoms with van der Waals surface area (Å²) >= 11 is 0. The van der Waals surface area contributed by atoms with Crippen molar-refractivity contribution in [2.75, 3.05) is 27.4 Å². The summed E-state index contributed by atoms with van der Waals surface area (Å²) < 4.78 is 28.8. The van der Waals surface area contributed by atoms with E-state index in [4.69, 9.17) is 29.4 Å². The third kappa shape index (κ3) is 3.65. The van der Waals surface area contributed by atoms with Gasteiger partial charge in [-0.25, -0.2) is 0 Å². The minimum absolute atomic E-state index is 0.158. The summed E-state index contributed by atoms with van der Waals surface area (Å²) in [6.07, 6.45) is 0.141. The van der Waals surface area contributed by atoms with Crippen LogP contribution in [0.4, 0.5) is 0 Å². The topological polar surface area (TPSA) is 72.2 Å². The molecular weight excluding hydrogens is 322 g/mol. The number of para-hydroxylation sites is 1. The van der Waals surface area contributed by atoms with Crippen LogP contribution < -0.4 is 24.7 Å². The fourth-order valence-corrected chi connectivity index (χ4v) is 2.80. The standard InChI is InChI=1S/C19H23NO5/c1-21-15-8-9-16-17(12-15)24-18(19(13-20,22-2)25-16)10-11-23-14-6-4-3-5-7-14/h3-9,12,18H,10-11,13,20H2,1-2H3. The lowest BCUT2D eigenvalue weighted by Gasteiger charge is -2.42. The van der Waals surface area contributed by atoms with Gasteiger partial charge in [0.1, 0.15) is 11.5 Å². The first-order valence-corrected chi connectivity index (χ1v) is 8.17. The second-order valence-electron chi connectivity index (χ2n) is 5.69. The fraction of sp³-hybridized carbons (Fsp3) is 0.368. The highest BCUT2D eigenvalue weighted by molar-refractivity contribution is 5.47.